The fourth-order valence-electron chi connectivity index (χ4n) is 4.94. The molecule has 5 aromatic rings. The third-order valence-corrected chi connectivity index (χ3v) is 6.40. The SMILES string of the molecule is CC.CC1(C)c2ccccc2-c2cc3c(cc21)c1ccccc1n3-c1nc(C#N)nc(C#N)n1. The van der Waals surface area contributed by atoms with Crippen LogP contribution in [0.1, 0.15) is 50.5 Å². The summed E-state index contributed by atoms with van der Waals surface area (Å²) in [7, 11) is 0. The Kier molecular flexibility index (Phi) is 4.88. The van der Waals surface area contributed by atoms with Gasteiger partial charge in [0.1, 0.15) is 12.1 Å². The molecular weight excluding hydrogens is 420 g/mol. The van der Waals surface area contributed by atoms with E-state index in [1.165, 1.54) is 22.3 Å². The largest absolute Gasteiger partial charge is 0.278 e. The van der Waals surface area contributed by atoms with E-state index in [1.54, 1.807) is 0 Å². The fourth-order valence-corrected chi connectivity index (χ4v) is 4.94. The number of para-hydroxylation sites is 1. The minimum atomic E-state index is -0.113. The summed E-state index contributed by atoms with van der Waals surface area (Å²) < 4.78 is 1.92. The number of nitrogens with zero attached hydrogens (tertiary/aromatic N) is 6. The lowest BCUT2D eigenvalue weighted by Gasteiger charge is -2.21. The summed E-state index contributed by atoms with van der Waals surface area (Å²) in [5.41, 5.74) is 6.71. The van der Waals surface area contributed by atoms with Crippen molar-refractivity contribution in [1.29, 1.82) is 10.5 Å². The van der Waals surface area contributed by atoms with Gasteiger partial charge in [0.2, 0.25) is 17.6 Å². The van der Waals surface area contributed by atoms with Crippen molar-refractivity contribution in [2.75, 3.05) is 0 Å². The van der Waals surface area contributed by atoms with Crippen LogP contribution in [0.2, 0.25) is 0 Å². The Hall–Kier alpha value is -4.55. The third-order valence-electron chi connectivity index (χ3n) is 6.40. The predicted octanol–water partition coefficient (Wildman–Crippen LogP) is 6.04. The van der Waals surface area contributed by atoms with E-state index in [0.717, 1.165) is 21.8 Å². The molecule has 6 heteroatoms. The Morgan fingerprint density at radius 1 is 0.706 bits per heavy atom. The smallest absolute Gasteiger partial charge is 0.239 e. The normalized spacial score (nSPS) is 12.9. The Balaban J connectivity index is 0.00000117. The lowest BCUT2D eigenvalue weighted by Crippen LogP contribution is -2.14. The molecule has 0 unspecified atom stereocenters. The molecule has 164 valence electrons. The van der Waals surface area contributed by atoms with Crippen molar-refractivity contribution in [1.82, 2.24) is 19.5 Å². The maximum absolute atomic E-state index is 9.38. The van der Waals surface area contributed by atoms with E-state index in [4.69, 9.17) is 0 Å². The molecule has 0 saturated heterocycles. The molecule has 0 aliphatic heterocycles. The lowest BCUT2D eigenvalue weighted by molar-refractivity contribution is 0.661. The van der Waals surface area contributed by atoms with E-state index in [2.05, 4.69) is 71.3 Å². The molecule has 2 heterocycles. The highest BCUT2D eigenvalue weighted by atomic mass is 15.2. The maximum Gasteiger partial charge on any atom is 0.239 e. The lowest BCUT2D eigenvalue weighted by atomic mass is 9.82. The first-order valence-corrected chi connectivity index (χ1v) is 11.3. The van der Waals surface area contributed by atoms with Crippen molar-refractivity contribution in [3.05, 3.63) is 83.4 Å². The summed E-state index contributed by atoms with van der Waals surface area (Å²) in [6, 6.07) is 24.9. The molecule has 2 aromatic heterocycles. The Labute approximate surface area is 197 Å². The molecule has 0 radical (unpaired) electrons. The first kappa shape index (κ1) is 21.3. The van der Waals surface area contributed by atoms with E-state index >= 15 is 0 Å². The van der Waals surface area contributed by atoms with Gasteiger partial charge in [-0.3, -0.25) is 4.57 Å². The van der Waals surface area contributed by atoms with Crippen LogP contribution >= 0.6 is 0 Å². The molecule has 0 saturated carbocycles. The highest BCUT2D eigenvalue weighted by Crippen LogP contribution is 2.50. The minimum Gasteiger partial charge on any atom is -0.278 e. The Bertz CT molecular complexity index is 1650. The summed E-state index contributed by atoms with van der Waals surface area (Å²) in [4.78, 5) is 12.6. The van der Waals surface area contributed by atoms with Crippen molar-refractivity contribution in [3.63, 3.8) is 0 Å². The van der Waals surface area contributed by atoms with Crippen LogP contribution < -0.4 is 0 Å². The molecule has 1 aliphatic carbocycles. The van der Waals surface area contributed by atoms with E-state index in [-0.39, 0.29) is 23.0 Å². The summed E-state index contributed by atoms with van der Waals surface area (Å²) in [6.45, 7) is 8.51. The van der Waals surface area contributed by atoms with E-state index < -0.39 is 0 Å². The monoisotopic (exact) mass is 442 g/mol. The molecule has 6 nitrogen and oxygen atoms in total. The van der Waals surface area contributed by atoms with E-state index in [9.17, 15) is 10.5 Å². The van der Waals surface area contributed by atoms with Crippen molar-refractivity contribution in [3.8, 4) is 29.2 Å². The van der Waals surface area contributed by atoms with Crippen LogP contribution in [0, 0.1) is 22.7 Å². The van der Waals surface area contributed by atoms with Gasteiger partial charge in [0.15, 0.2) is 0 Å². The quantitative estimate of drug-likeness (QED) is 0.315. The van der Waals surface area contributed by atoms with Crippen molar-refractivity contribution in [2.24, 2.45) is 0 Å². The number of aromatic nitrogens is 4. The van der Waals surface area contributed by atoms with Gasteiger partial charge in [0.05, 0.1) is 11.0 Å². The van der Waals surface area contributed by atoms with Gasteiger partial charge in [0.25, 0.3) is 0 Å². The van der Waals surface area contributed by atoms with Crippen molar-refractivity contribution < 1.29 is 0 Å². The molecule has 0 spiro atoms. The van der Waals surface area contributed by atoms with Crippen LogP contribution in [-0.4, -0.2) is 19.5 Å². The zero-order valence-corrected chi connectivity index (χ0v) is 19.5. The zero-order valence-electron chi connectivity index (χ0n) is 19.5. The standard InChI is InChI=1S/C26H16N6.C2H6/c1-26(2)19-9-5-3-7-15(19)17-12-22-18(11-20(17)26)16-8-4-6-10-21(16)32(22)25-30-23(13-27)29-24(14-28)31-25;1-2/h3-12H,1-2H3;1-2H3. The predicted molar refractivity (Wildman–Crippen MR) is 133 cm³/mol. The zero-order chi connectivity index (χ0) is 24.0. The van der Waals surface area contributed by atoms with Gasteiger partial charge in [-0.2, -0.15) is 25.5 Å². The second kappa shape index (κ2) is 7.79. The molecule has 0 amide bonds. The third kappa shape index (κ3) is 2.89. The van der Waals surface area contributed by atoms with Gasteiger partial charge < -0.3 is 0 Å². The summed E-state index contributed by atoms with van der Waals surface area (Å²) in [5, 5.41) is 20.9. The second-order valence-corrected chi connectivity index (χ2v) is 8.44. The average molecular weight is 443 g/mol. The number of rotatable bonds is 1. The summed E-state index contributed by atoms with van der Waals surface area (Å²) in [5.74, 6) is 0.111. The van der Waals surface area contributed by atoms with Gasteiger partial charge in [-0.05, 0) is 40.5 Å². The highest BCUT2D eigenvalue weighted by molar-refractivity contribution is 6.11. The molecule has 0 fully saturated rings. The van der Waals surface area contributed by atoms with Gasteiger partial charge in [-0.15, -0.1) is 0 Å². The number of fused-ring (bicyclic) bond motifs is 6. The molecular formula is C28H22N6. The second-order valence-electron chi connectivity index (χ2n) is 8.44. The molecule has 0 atom stereocenters. The van der Waals surface area contributed by atoms with Crippen LogP contribution in [0.25, 0.3) is 38.9 Å². The van der Waals surface area contributed by atoms with Crippen LogP contribution in [0.15, 0.2) is 60.7 Å². The maximum atomic E-state index is 9.38. The van der Waals surface area contributed by atoms with Crippen LogP contribution in [0.4, 0.5) is 0 Å². The number of benzene rings is 3. The van der Waals surface area contributed by atoms with E-state index in [0.29, 0.717) is 0 Å². The first-order valence-electron chi connectivity index (χ1n) is 11.3. The average Bonchev–Trinajstić information content (AvgIpc) is 3.33. The Morgan fingerprint density at radius 3 is 2.06 bits per heavy atom. The van der Waals surface area contributed by atoms with Crippen LogP contribution in [-0.2, 0) is 5.41 Å². The fraction of sp³-hybridized carbons (Fsp3) is 0.179. The van der Waals surface area contributed by atoms with Gasteiger partial charge in [-0.1, -0.05) is 70.2 Å². The topological polar surface area (TPSA) is 91.2 Å². The molecule has 0 N–H and O–H groups in total. The molecule has 1 aliphatic rings. The summed E-state index contributed by atoms with van der Waals surface area (Å²) in [6.07, 6.45) is 0. The van der Waals surface area contributed by atoms with Crippen LogP contribution in [0.5, 0.6) is 0 Å². The first-order chi connectivity index (χ1) is 16.5. The number of hydrogen-bond donors (Lipinski definition) is 0. The number of hydrogen-bond acceptors (Lipinski definition) is 5. The molecule has 6 rings (SSSR count). The highest BCUT2D eigenvalue weighted by Gasteiger charge is 2.36. The van der Waals surface area contributed by atoms with Crippen molar-refractivity contribution >= 4 is 21.8 Å². The van der Waals surface area contributed by atoms with E-state index in [1.807, 2.05) is 48.8 Å². The van der Waals surface area contributed by atoms with Crippen LogP contribution in [0.3, 0.4) is 0 Å². The van der Waals surface area contributed by atoms with Crippen molar-refractivity contribution in [2.45, 2.75) is 33.1 Å². The van der Waals surface area contributed by atoms with Gasteiger partial charge >= 0.3 is 0 Å². The summed E-state index contributed by atoms with van der Waals surface area (Å²) >= 11 is 0. The molecule has 3 aromatic carbocycles. The molecule has 0 bridgehead atoms. The number of nitriles is 2. The van der Waals surface area contributed by atoms with Gasteiger partial charge in [-0.25, -0.2) is 0 Å². The van der Waals surface area contributed by atoms with Gasteiger partial charge in [0, 0.05) is 16.2 Å². The minimum absolute atomic E-state index is 0.0786. The Morgan fingerprint density at radius 2 is 1.35 bits per heavy atom. The molecule has 34 heavy (non-hydrogen) atoms.